The van der Waals surface area contributed by atoms with E-state index in [0.717, 1.165) is 33.4 Å². The van der Waals surface area contributed by atoms with Crippen LogP contribution in [0.2, 0.25) is 0 Å². The monoisotopic (exact) mass is 377 g/mol. The number of fused-ring (bicyclic) bond motifs is 3. The van der Waals surface area contributed by atoms with Crippen molar-refractivity contribution in [1.29, 1.82) is 0 Å². The standard InChI is InChI=1S/C25H19N3O/c29-24(15-17-7-6-14-26-16-17)27-22-12-3-1-8-18(22)20-10-5-11-21-19-9-2-4-13-23(19)28-25(20)21/h1-14,16,28H,15H2,(H,27,29). The molecule has 0 aliphatic carbocycles. The van der Waals surface area contributed by atoms with E-state index in [1.807, 2.05) is 42.5 Å². The molecular weight excluding hydrogens is 358 g/mol. The molecule has 29 heavy (non-hydrogen) atoms. The van der Waals surface area contributed by atoms with Gasteiger partial charge in [0.1, 0.15) is 0 Å². The van der Waals surface area contributed by atoms with Gasteiger partial charge in [0.2, 0.25) is 5.91 Å². The van der Waals surface area contributed by atoms with Crippen LogP contribution in [-0.2, 0) is 11.2 Å². The first kappa shape index (κ1) is 17.2. The lowest BCUT2D eigenvalue weighted by Crippen LogP contribution is -2.15. The summed E-state index contributed by atoms with van der Waals surface area (Å²) in [4.78, 5) is 20.2. The van der Waals surface area contributed by atoms with E-state index in [2.05, 4.69) is 51.7 Å². The van der Waals surface area contributed by atoms with Crippen molar-refractivity contribution >= 4 is 33.4 Å². The van der Waals surface area contributed by atoms with Gasteiger partial charge in [0.05, 0.1) is 11.9 Å². The maximum Gasteiger partial charge on any atom is 0.228 e. The SMILES string of the molecule is O=C(Cc1cccnc1)Nc1ccccc1-c1cccc2c1[nH]c1ccccc12. The van der Waals surface area contributed by atoms with Crippen LogP contribution >= 0.6 is 0 Å². The Morgan fingerprint density at radius 3 is 2.52 bits per heavy atom. The second kappa shape index (κ2) is 7.24. The second-order valence-electron chi connectivity index (χ2n) is 7.03. The van der Waals surface area contributed by atoms with E-state index in [-0.39, 0.29) is 5.91 Å². The van der Waals surface area contributed by atoms with Crippen LogP contribution in [0.1, 0.15) is 5.56 Å². The zero-order valence-electron chi connectivity index (χ0n) is 15.7. The first-order valence-electron chi connectivity index (χ1n) is 9.57. The Balaban J connectivity index is 1.55. The van der Waals surface area contributed by atoms with Crippen molar-refractivity contribution < 1.29 is 4.79 Å². The second-order valence-corrected chi connectivity index (χ2v) is 7.03. The summed E-state index contributed by atoms with van der Waals surface area (Å²) >= 11 is 0. The van der Waals surface area contributed by atoms with Gasteiger partial charge in [0, 0.05) is 45.5 Å². The number of H-pyrrole nitrogens is 1. The predicted octanol–water partition coefficient (Wildman–Crippen LogP) is 5.56. The summed E-state index contributed by atoms with van der Waals surface area (Å²) < 4.78 is 0. The molecule has 1 amide bonds. The smallest absolute Gasteiger partial charge is 0.228 e. The van der Waals surface area contributed by atoms with E-state index in [9.17, 15) is 4.79 Å². The largest absolute Gasteiger partial charge is 0.354 e. The Kier molecular flexibility index (Phi) is 4.30. The Morgan fingerprint density at radius 2 is 1.62 bits per heavy atom. The molecule has 2 aromatic heterocycles. The van der Waals surface area contributed by atoms with Crippen LogP contribution in [0.3, 0.4) is 0 Å². The van der Waals surface area contributed by atoms with Gasteiger partial charge >= 0.3 is 0 Å². The van der Waals surface area contributed by atoms with Crippen LogP contribution in [0.15, 0.2) is 91.3 Å². The number of nitrogens with zero attached hydrogens (tertiary/aromatic N) is 1. The normalized spacial score (nSPS) is 11.0. The number of para-hydroxylation sites is 3. The average Bonchev–Trinajstić information content (AvgIpc) is 3.14. The Labute approximate surface area is 168 Å². The van der Waals surface area contributed by atoms with Gasteiger partial charge in [0.15, 0.2) is 0 Å². The van der Waals surface area contributed by atoms with Crippen LogP contribution < -0.4 is 5.32 Å². The third-order valence-corrected chi connectivity index (χ3v) is 5.12. The number of pyridine rings is 1. The molecule has 5 rings (SSSR count). The topological polar surface area (TPSA) is 57.8 Å². The predicted molar refractivity (Wildman–Crippen MR) is 118 cm³/mol. The fraction of sp³-hybridized carbons (Fsp3) is 0.0400. The summed E-state index contributed by atoms with van der Waals surface area (Å²) in [5.74, 6) is -0.0609. The molecule has 0 aliphatic rings. The highest BCUT2D eigenvalue weighted by molar-refractivity contribution is 6.13. The van der Waals surface area contributed by atoms with Crippen LogP contribution in [0.5, 0.6) is 0 Å². The first-order chi connectivity index (χ1) is 14.3. The Hall–Kier alpha value is -3.92. The molecule has 4 heteroatoms. The molecule has 3 aromatic carbocycles. The number of carbonyl (C=O) groups is 1. The molecule has 0 atom stereocenters. The highest BCUT2D eigenvalue weighted by Gasteiger charge is 2.13. The van der Waals surface area contributed by atoms with Gasteiger partial charge in [-0.3, -0.25) is 9.78 Å². The lowest BCUT2D eigenvalue weighted by molar-refractivity contribution is -0.115. The highest BCUT2D eigenvalue weighted by atomic mass is 16.1. The molecule has 0 fully saturated rings. The molecule has 2 heterocycles. The molecule has 2 N–H and O–H groups in total. The van der Waals surface area contributed by atoms with E-state index < -0.39 is 0 Å². The number of benzene rings is 3. The molecule has 0 saturated carbocycles. The van der Waals surface area contributed by atoms with E-state index >= 15 is 0 Å². The fourth-order valence-electron chi connectivity index (χ4n) is 3.81. The number of carbonyl (C=O) groups excluding carboxylic acids is 1. The lowest BCUT2D eigenvalue weighted by atomic mass is 10.00. The number of anilines is 1. The van der Waals surface area contributed by atoms with Crippen molar-refractivity contribution in [1.82, 2.24) is 9.97 Å². The summed E-state index contributed by atoms with van der Waals surface area (Å²) in [7, 11) is 0. The molecule has 0 unspecified atom stereocenters. The van der Waals surface area contributed by atoms with Gasteiger partial charge in [-0.05, 0) is 23.8 Å². The lowest BCUT2D eigenvalue weighted by Gasteiger charge is -2.12. The molecule has 0 saturated heterocycles. The number of aromatic amines is 1. The van der Waals surface area contributed by atoms with E-state index in [1.54, 1.807) is 12.4 Å². The first-order valence-corrected chi connectivity index (χ1v) is 9.57. The van der Waals surface area contributed by atoms with Crippen molar-refractivity contribution in [3.05, 3.63) is 96.8 Å². The fourth-order valence-corrected chi connectivity index (χ4v) is 3.81. The van der Waals surface area contributed by atoms with E-state index in [1.165, 1.54) is 10.8 Å². The van der Waals surface area contributed by atoms with Crippen LogP contribution in [-0.4, -0.2) is 15.9 Å². The molecule has 5 aromatic rings. The minimum absolute atomic E-state index is 0.0609. The maximum absolute atomic E-state index is 12.6. The highest BCUT2D eigenvalue weighted by Crippen LogP contribution is 2.36. The van der Waals surface area contributed by atoms with Gasteiger partial charge in [-0.25, -0.2) is 0 Å². The number of nitrogens with one attached hydrogen (secondary N) is 2. The van der Waals surface area contributed by atoms with Crippen molar-refractivity contribution in [3.63, 3.8) is 0 Å². The number of rotatable bonds is 4. The van der Waals surface area contributed by atoms with Crippen LogP contribution in [0.25, 0.3) is 32.9 Å². The molecule has 4 nitrogen and oxygen atoms in total. The van der Waals surface area contributed by atoms with Gasteiger partial charge in [0.25, 0.3) is 0 Å². The van der Waals surface area contributed by atoms with Crippen molar-refractivity contribution in [2.24, 2.45) is 0 Å². The summed E-state index contributed by atoms with van der Waals surface area (Å²) in [5, 5.41) is 5.45. The molecule has 140 valence electrons. The van der Waals surface area contributed by atoms with Gasteiger partial charge in [-0.1, -0.05) is 60.7 Å². The molecular formula is C25H19N3O. The summed E-state index contributed by atoms with van der Waals surface area (Å²) in [6.07, 6.45) is 3.72. The Morgan fingerprint density at radius 1 is 0.828 bits per heavy atom. The summed E-state index contributed by atoms with van der Waals surface area (Å²) in [6.45, 7) is 0. The third-order valence-electron chi connectivity index (χ3n) is 5.12. The van der Waals surface area contributed by atoms with E-state index in [0.29, 0.717) is 6.42 Å². The number of aromatic nitrogens is 2. The molecule has 0 bridgehead atoms. The van der Waals surface area contributed by atoms with Gasteiger partial charge < -0.3 is 10.3 Å². The molecule has 0 spiro atoms. The zero-order chi connectivity index (χ0) is 19.6. The quantitative estimate of drug-likeness (QED) is 0.430. The summed E-state index contributed by atoms with van der Waals surface area (Å²) in [5.41, 5.74) is 5.92. The maximum atomic E-state index is 12.6. The molecule has 0 aliphatic heterocycles. The van der Waals surface area contributed by atoms with Crippen LogP contribution in [0.4, 0.5) is 5.69 Å². The van der Waals surface area contributed by atoms with Gasteiger partial charge in [-0.2, -0.15) is 0 Å². The minimum Gasteiger partial charge on any atom is -0.354 e. The number of hydrogen-bond donors (Lipinski definition) is 2. The average molecular weight is 377 g/mol. The van der Waals surface area contributed by atoms with Crippen LogP contribution in [0, 0.1) is 0 Å². The third kappa shape index (κ3) is 3.25. The van der Waals surface area contributed by atoms with Crippen molar-refractivity contribution in [3.8, 4) is 11.1 Å². The molecule has 0 radical (unpaired) electrons. The van der Waals surface area contributed by atoms with Gasteiger partial charge in [-0.15, -0.1) is 0 Å². The van der Waals surface area contributed by atoms with E-state index in [4.69, 9.17) is 0 Å². The summed E-state index contributed by atoms with van der Waals surface area (Å²) in [6, 6.07) is 26.2. The zero-order valence-corrected chi connectivity index (χ0v) is 15.7. The Bertz CT molecular complexity index is 1320. The van der Waals surface area contributed by atoms with Crippen molar-refractivity contribution in [2.45, 2.75) is 6.42 Å². The number of amides is 1. The minimum atomic E-state index is -0.0609. The van der Waals surface area contributed by atoms with Crippen molar-refractivity contribution in [2.75, 3.05) is 5.32 Å². The number of hydrogen-bond acceptors (Lipinski definition) is 2.